The monoisotopic (exact) mass is 370 g/mol. The molecule has 0 radical (unpaired) electrons. The fourth-order valence-corrected chi connectivity index (χ4v) is 4.83. The average molecular weight is 371 g/mol. The first-order valence-electron chi connectivity index (χ1n) is 10.4. The summed E-state index contributed by atoms with van der Waals surface area (Å²) in [5.74, 6) is 0.570. The summed E-state index contributed by atoms with van der Waals surface area (Å²) in [7, 11) is 0. The summed E-state index contributed by atoms with van der Waals surface area (Å²) >= 11 is 0. The van der Waals surface area contributed by atoms with E-state index in [9.17, 15) is 9.59 Å². The van der Waals surface area contributed by atoms with Gasteiger partial charge in [-0.25, -0.2) is 0 Å². The molecule has 4 heteroatoms. The second-order valence-corrected chi connectivity index (χ2v) is 9.42. The first-order chi connectivity index (χ1) is 12.8. The van der Waals surface area contributed by atoms with Gasteiger partial charge < -0.3 is 9.80 Å². The molecule has 0 N–H and O–H groups in total. The van der Waals surface area contributed by atoms with E-state index >= 15 is 0 Å². The maximum Gasteiger partial charge on any atom is 0.223 e. The van der Waals surface area contributed by atoms with Crippen molar-refractivity contribution in [2.75, 3.05) is 13.1 Å². The van der Waals surface area contributed by atoms with Crippen LogP contribution in [0.4, 0.5) is 0 Å². The molecule has 0 unspecified atom stereocenters. The van der Waals surface area contributed by atoms with Gasteiger partial charge in [-0.1, -0.05) is 63.9 Å². The molecule has 2 fully saturated rings. The number of hydrogen-bond acceptors (Lipinski definition) is 2. The van der Waals surface area contributed by atoms with E-state index in [-0.39, 0.29) is 35.2 Å². The molecule has 27 heavy (non-hydrogen) atoms. The predicted molar refractivity (Wildman–Crippen MR) is 108 cm³/mol. The Kier molecular flexibility index (Phi) is 5.92. The highest BCUT2D eigenvalue weighted by atomic mass is 16.2. The van der Waals surface area contributed by atoms with Gasteiger partial charge in [0.1, 0.15) is 0 Å². The Labute approximate surface area is 163 Å². The Morgan fingerprint density at radius 2 is 1.74 bits per heavy atom. The van der Waals surface area contributed by atoms with Crippen LogP contribution in [0.1, 0.15) is 71.3 Å². The number of carbonyl (C=O) groups is 2. The number of carbonyl (C=O) groups excluding carboxylic acids is 2. The van der Waals surface area contributed by atoms with Gasteiger partial charge in [-0.2, -0.15) is 0 Å². The molecule has 2 aliphatic rings. The van der Waals surface area contributed by atoms with E-state index in [1.165, 1.54) is 5.56 Å². The Balaban J connectivity index is 1.97. The molecule has 3 rings (SSSR count). The molecular formula is C23H34N2O2. The van der Waals surface area contributed by atoms with Crippen molar-refractivity contribution < 1.29 is 9.59 Å². The van der Waals surface area contributed by atoms with Crippen LogP contribution in [0.3, 0.4) is 0 Å². The minimum Gasteiger partial charge on any atom is -0.337 e. The minimum atomic E-state index is -0.0285. The molecule has 2 saturated heterocycles. The molecular weight excluding hydrogens is 336 g/mol. The lowest BCUT2D eigenvalue weighted by molar-refractivity contribution is -0.138. The number of nitrogens with zero attached hydrogens (tertiary/aromatic N) is 2. The highest BCUT2D eigenvalue weighted by molar-refractivity contribution is 5.79. The number of amides is 2. The SMILES string of the molecule is CC(=O)N1CCCCC[C@@H]2[C@@H]1[C@H](c1ccccc1)CN2C(=O)CC(C)(C)C. The van der Waals surface area contributed by atoms with Crippen LogP contribution in [-0.4, -0.2) is 46.8 Å². The molecule has 1 aromatic rings. The molecule has 4 nitrogen and oxygen atoms in total. The van der Waals surface area contributed by atoms with Crippen LogP contribution in [0.25, 0.3) is 0 Å². The lowest BCUT2D eigenvalue weighted by Gasteiger charge is -2.39. The molecule has 2 heterocycles. The van der Waals surface area contributed by atoms with Gasteiger partial charge >= 0.3 is 0 Å². The molecule has 0 aromatic heterocycles. The summed E-state index contributed by atoms with van der Waals surface area (Å²) in [6.45, 7) is 9.56. The van der Waals surface area contributed by atoms with Crippen molar-refractivity contribution in [3.63, 3.8) is 0 Å². The van der Waals surface area contributed by atoms with Crippen molar-refractivity contribution in [2.24, 2.45) is 5.41 Å². The number of likely N-dealkylation sites (tertiary alicyclic amines) is 2. The Bertz CT molecular complexity index is 665. The van der Waals surface area contributed by atoms with E-state index in [0.29, 0.717) is 6.42 Å². The molecule has 2 aliphatic heterocycles. The summed E-state index contributed by atoms with van der Waals surface area (Å²) in [5.41, 5.74) is 1.21. The summed E-state index contributed by atoms with van der Waals surface area (Å²) in [4.78, 5) is 29.9. The molecule has 2 amide bonds. The smallest absolute Gasteiger partial charge is 0.223 e. The van der Waals surface area contributed by atoms with Crippen LogP contribution in [0.15, 0.2) is 30.3 Å². The topological polar surface area (TPSA) is 40.6 Å². The van der Waals surface area contributed by atoms with Gasteiger partial charge in [-0.05, 0) is 23.8 Å². The summed E-state index contributed by atoms with van der Waals surface area (Å²) in [5, 5.41) is 0. The normalized spacial score (nSPS) is 26.3. The fraction of sp³-hybridized carbons (Fsp3) is 0.652. The molecule has 3 atom stereocenters. The lowest BCUT2D eigenvalue weighted by atomic mass is 9.86. The van der Waals surface area contributed by atoms with Crippen molar-refractivity contribution in [3.05, 3.63) is 35.9 Å². The maximum atomic E-state index is 13.2. The highest BCUT2D eigenvalue weighted by Gasteiger charge is 2.48. The van der Waals surface area contributed by atoms with Crippen LogP contribution in [0.5, 0.6) is 0 Å². The van der Waals surface area contributed by atoms with Gasteiger partial charge in [0, 0.05) is 32.4 Å². The van der Waals surface area contributed by atoms with E-state index in [2.05, 4.69) is 54.8 Å². The Morgan fingerprint density at radius 1 is 1.04 bits per heavy atom. The number of benzene rings is 1. The van der Waals surface area contributed by atoms with Crippen molar-refractivity contribution in [1.82, 2.24) is 9.80 Å². The molecule has 0 bridgehead atoms. The van der Waals surface area contributed by atoms with Gasteiger partial charge in [-0.3, -0.25) is 9.59 Å². The highest BCUT2D eigenvalue weighted by Crippen LogP contribution is 2.40. The predicted octanol–water partition coefficient (Wildman–Crippen LogP) is 4.21. The van der Waals surface area contributed by atoms with Crippen LogP contribution in [0, 0.1) is 5.41 Å². The van der Waals surface area contributed by atoms with E-state index in [4.69, 9.17) is 0 Å². The average Bonchev–Trinajstić information content (AvgIpc) is 2.92. The molecule has 0 saturated carbocycles. The van der Waals surface area contributed by atoms with Crippen molar-refractivity contribution >= 4 is 11.8 Å². The fourth-order valence-electron chi connectivity index (χ4n) is 4.83. The van der Waals surface area contributed by atoms with E-state index in [0.717, 1.165) is 38.8 Å². The number of hydrogen-bond donors (Lipinski definition) is 0. The third kappa shape index (κ3) is 4.53. The maximum absolute atomic E-state index is 13.2. The second-order valence-electron chi connectivity index (χ2n) is 9.42. The van der Waals surface area contributed by atoms with Gasteiger partial charge in [0.05, 0.1) is 12.1 Å². The Hall–Kier alpha value is -1.84. The van der Waals surface area contributed by atoms with E-state index in [1.807, 2.05) is 6.07 Å². The quantitative estimate of drug-likeness (QED) is 0.782. The first kappa shape index (κ1) is 19.9. The zero-order valence-electron chi connectivity index (χ0n) is 17.3. The Morgan fingerprint density at radius 3 is 2.37 bits per heavy atom. The number of rotatable bonds is 2. The molecule has 1 aromatic carbocycles. The lowest BCUT2D eigenvalue weighted by Crippen LogP contribution is -2.51. The van der Waals surface area contributed by atoms with E-state index in [1.54, 1.807) is 6.92 Å². The summed E-state index contributed by atoms with van der Waals surface area (Å²) < 4.78 is 0. The molecule has 0 aliphatic carbocycles. The summed E-state index contributed by atoms with van der Waals surface area (Å²) in [6.07, 6.45) is 4.86. The van der Waals surface area contributed by atoms with Gasteiger partial charge in [-0.15, -0.1) is 0 Å². The van der Waals surface area contributed by atoms with Crippen molar-refractivity contribution in [1.29, 1.82) is 0 Å². The standard InChI is InChI=1S/C23H34N2O2/c1-17(26)24-14-10-6-9-13-20-22(24)19(18-11-7-5-8-12-18)16-25(20)21(27)15-23(2,3)4/h5,7-8,11-12,19-20,22H,6,9-10,13-16H2,1-4H3/t19-,20+,22-/m0/s1. The van der Waals surface area contributed by atoms with Crippen LogP contribution in [0.2, 0.25) is 0 Å². The minimum absolute atomic E-state index is 0.0285. The zero-order valence-corrected chi connectivity index (χ0v) is 17.3. The summed E-state index contributed by atoms with van der Waals surface area (Å²) in [6, 6.07) is 10.7. The van der Waals surface area contributed by atoms with Crippen molar-refractivity contribution in [3.8, 4) is 0 Å². The largest absolute Gasteiger partial charge is 0.337 e. The third-order valence-electron chi connectivity index (χ3n) is 5.99. The third-order valence-corrected chi connectivity index (χ3v) is 5.99. The second kappa shape index (κ2) is 8.04. The van der Waals surface area contributed by atoms with Gasteiger partial charge in [0.2, 0.25) is 11.8 Å². The van der Waals surface area contributed by atoms with E-state index < -0.39 is 0 Å². The van der Waals surface area contributed by atoms with Crippen LogP contribution in [-0.2, 0) is 9.59 Å². The van der Waals surface area contributed by atoms with Crippen LogP contribution < -0.4 is 0 Å². The van der Waals surface area contributed by atoms with Crippen molar-refractivity contribution in [2.45, 2.75) is 77.8 Å². The van der Waals surface area contributed by atoms with Gasteiger partial charge in [0.15, 0.2) is 0 Å². The molecule has 148 valence electrons. The van der Waals surface area contributed by atoms with Crippen LogP contribution >= 0.6 is 0 Å². The first-order valence-corrected chi connectivity index (χ1v) is 10.4. The number of fused-ring (bicyclic) bond motifs is 1. The molecule has 0 spiro atoms. The van der Waals surface area contributed by atoms with Gasteiger partial charge in [0.25, 0.3) is 0 Å². The zero-order chi connectivity index (χ0) is 19.6.